The third-order valence-electron chi connectivity index (χ3n) is 3.95. The lowest BCUT2D eigenvalue weighted by atomic mass is 9.75. The van der Waals surface area contributed by atoms with Crippen LogP contribution in [0.1, 0.15) is 17.5 Å². The summed E-state index contributed by atoms with van der Waals surface area (Å²) in [6, 6.07) is 6.32. The summed E-state index contributed by atoms with van der Waals surface area (Å²) in [6.45, 7) is 2.56. The lowest BCUT2D eigenvalue weighted by Crippen LogP contribution is -2.48. The van der Waals surface area contributed by atoms with Crippen molar-refractivity contribution in [1.82, 2.24) is 5.32 Å². The molecule has 0 bridgehead atoms. The van der Waals surface area contributed by atoms with Gasteiger partial charge in [0.2, 0.25) is 5.91 Å². The van der Waals surface area contributed by atoms with E-state index in [0.29, 0.717) is 6.42 Å². The van der Waals surface area contributed by atoms with Gasteiger partial charge in [-0.2, -0.15) is 0 Å². The molecule has 1 aromatic carbocycles. The number of hydrogen-bond donors (Lipinski definition) is 2. The van der Waals surface area contributed by atoms with Crippen molar-refractivity contribution in [2.75, 3.05) is 32.1 Å². The molecule has 0 atom stereocenters. The normalized spacial score (nSPS) is 20.2. The summed E-state index contributed by atoms with van der Waals surface area (Å²) in [4.78, 5) is 11.4. The van der Waals surface area contributed by atoms with Crippen molar-refractivity contribution in [2.45, 2.75) is 18.3 Å². The predicted octanol–water partition coefficient (Wildman–Crippen LogP) is 1.06. The van der Waals surface area contributed by atoms with Gasteiger partial charge in [-0.3, -0.25) is 4.79 Å². The number of carbonyl (C=O) groups excluding carboxylic acids is 1. The molecule has 2 heterocycles. The van der Waals surface area contributed by atoms with Gasteiger partial charge in [0.1, 0.15) is 0 Å². The van der Waals surface area contributed by atoms with Crippen LogP contribution in [0.3, 0.4) is 0 Å². The molecule has 1 aromatic rings. The third kappa shape index (κ3) is 1.82. The monoisotopic (exact) mass is 246 g/mol. The molecular weight excluding hydrogens is 228 g/mol. The third-order valence-corrected chi connectivity index (χ3v) is 3.95. The highest BCUT2D eigenvalue weighted by Crippen LogP contribution is 2.38. The van der Waals surface area contributed by atoms with E-state index in [4.69, 9.17) is 4.74 Å². The van der Waals surface area contributed by atoms with Crippen molar-refractivity contribution in [3.05, 3.63) is 29.3 Å². The molecule has 0 aromatic heterocycles. The van der Waals surface area contributed by atoms with Crippen LogP contribution in [0.15, 0.2) is 18.2 Å². The van der Waals surface area contributed by atoms with Crippen LogP contribution in [0.4, 0.5) is 5.69 Å². The number of fused-ring (bicyclic) bond motifs is 1. The summed E-state index contributed by atoms with van der Waals surface area (Å²) in [5.41, 5.74) is 3.53. The van der Waals surface area contributed by atoms with E-state index in [1.165, 1.54) is 5.56 Å². The Kier molecular flexibility index (Phi) is 2.84. The van der Waals surface area contributed by atoms with Gasteiger partial charge in [-0.05, 0) is 37.2 Å². The molecule has 0 unspecified atom stereocenters. The van der Waals surface area contributed by atoms with Gasteiger partial charge in [-0.1, -0.05) is 12.1 Å². The summed E-state index contributed by atoms with van der Waals surface area (Å²) in [6.07, 6.45) is 1.58. The molecule has 96 valence electrons. The van der Waals surface area contributed by atoms with Gasteiger partial charge in [-0.25, -0.2) is 0 Å². The fourth-order valence-corrected chi connectivity index (χ4v) is 2.73. The van der Waals surface area contributed by atoms with Crippen LogP contribution < -0.4 is 10.6 Å². The van der Waals surface area contributed by atoms with Gasteiger partial charge in [0.25, 0.3) is 0 Å². The number of nitrogens with one attached hydrogen (secondary N) is 2. The number of ether oxygens (including phenoxy) is 1. The summed E-state index contributed by atoms with van der Waals surface area (Å²) in [5.74, 6) is 0.0938. The maximum absolute atomic E-state index is 11.4. The summed E-state index contributed by atoms with van der Waals surface area (Å²) in [7, 11) is 1.97. The van der Waals surface area contributed by atoms with E-state index in [2.05, 4.69) is 22.8 Å². The van der Waals surface area contributed by atoms with Crippen LogP contribution in [0.5, 0.6) is 0 Å². The van der Waals surface area contributed by atoms with Gasteiger partial charge in [-0.15, -0.1) is 0 Å². The molecule has 0 aliphatic carbocycles. The van der Waals surface area contributed by atoms with E-state index < -0.39 is 0 Å². The number of benzene rings is 1. The molecule has 1 saturated heterocycles. The maximum atomic E-state index is 11.4. The van der Waals surface area contributed by atoms with E-state index in [1.54, 1.807) is 0 Å². The predicted molar refractivity (Wildman–Crippen MR) is 69.8 cm³/mol. The fourth-order valence-electron chi connectivity index (χ4n) is 2.73. The Bertz CT molecular complexity index is 481. The number of carbonyl (C=O) groups is 1. The van der Waals surface area contributed by atoms with E-state index >= 15 is 0 Å². The minimum absolute atomic E-state index is 0.0938. The second kappa shape index (κ2) is 4.37. The zero-order chi connectivity index (χ0) is 12.6. The van der Waals surface area contributed by atoms with E-state index in [9.17, 15) is 4.79 Å². The largest absolute Gasteiger partial charge is 0.379 e. The van der Waals surface area contributed by atoms with Crippen LogP contribution >= 0.6 is 0 Å². The van der Waals surface area contributed by atoms with Gasteiger partial charge >= 0.3 is 0 Å². The first-order valence-corrected chi connectivity index (χ1v) is 6.39. The Hall–Kier alpha value is -1.39. The minimum Gasteiger partial charge on any atom is -0.379 e. The molecule has 1 fully saturated rings. The number of hydrogen-bond acceptors (Lipinski definition) is 3. The van der Waals surface area contributed by atoms with Gasteiger partial charge in [0.15, 0.2) is 0 Å². The average molecular weight is 246 g/mol. The summed E-state index contributed by atoms with van der Waals surface area (Å²) < 4.78 is 5.42. The first-order chi connectivity index (χ1) is 8.73. The zero-order valence-electron chi connectivity index (χ0n) is 10.6. The fraction of sp³-hybridized carbons (Fsp3) is 0.500. The quantitative estimate of drug-likeness (QED) is 0.835. The number of rotatable bonds is 4. The Morgan fingerprint density at radius 3 is 2.94 bits per heavy atom. The minimum atomic E-state index is 0.0938. The van der Waals surface area contributed by atoms with Gasteiger partial charge < -0.3 is 15.4 Å². The first kappa shape index (κ1) is 11.7. The molecule has 0 saturated carbocycles. The maximum Gasteiger partial charge on any atom is 0.228 e. The van der Waals surface area contributed by atoms with Gasteiger partial charge in [0.05, 0.1) is 19.6 Å². The van der Waals surface area contributed by atoms with Crippen LogP contribution in [0.2, 0.25) is 0 Å². The Morgan fingerprint density at radius 1 is 1.44 bits per heavy atom. The molecule has 18 heavy (non-hydrogen) atoms. The lowest BCUT2D eigenvalue weighted by Gasteiger charge is -2.42. The van der Waals surface area contributed by atoms with Crippen molar-refractivity contribution in [3.63, 3.8) is 0 Å². The average Bonchev–Trinajstić information content (AvgIpc) is 2.67. The molecule has 4 nitrogen and oxygen atoms in total. The highest BCUT2D eigenvalue weighted by Gasteiger charge is 2.40. The van der Waals surface area contributed by atoms with Crippen molar-refractivity contribution in [2.24, 2.45) is 0 Å². The SMILES string of the molecule is CNCCC1(c2ccc3c(c2)CC(=O)N3)COC1. The van der Waals surface area contributed by atoms with Crippen LogP contribution in [0, 0.1) is 0 Å². The second-order valence-corrected chi connectivity index (χ2v) is 5.22. The number of anilines is 1. The topological polar surface area (TPSA) is 50.4 Å². The molecule has 2 aliphatic rings. The molecule has 0 radical (unpaired) electrons. The summed E-state index contributed by atoms with van der Waals surface area (Å²) >= 11 is 0. The smallest absolute Gasteiger partial charge is 0.228 e. The van der Waals surface area contributed by atoms with Crippen LogP contribution in [0.25, 0.3) is 0 Å². The Morgan fingerprint density at radius 2 is 2.28 bits per heavy atom. The zero-order valence-corrected chi connectivity index (χ0v) is 10.6. The van der Waals surface area contributed by atoms with Crippen molar-refractivity contribution >= 4 is 11.6 Å². The van der Waals surface area contributed by atoms with E-state index in [0.717, 1.165) is 37.4 Å². The number of amides is 1. The Balaban J connectivity index is 1.88. The highest BCUT2D eigenvalue weighted by atomic mass is 16.5. The molecule has 4 heteroatoms. The molecular formula is C14H18N2O2. The van der Waals surface area contributed by atoms with E-state index in [-0.39, 0.29) is 11.3 Å². The molecule has 2 aliphatic heterocycles. The lowest BCUT2D eigenvalue weighted by molar-refractivity contribution is -0.115. The molecule has 1 amide bonds. The standard InChI is InChI=1S/C14H18N2O2/c1-15-5-4-14(8-18-9-14)11-2-3-12-10(6-11)7-13(17)16-12/h2-3,6,15H,4-5,7-9H2,1H3,(H,16,17). The first-order valence-electron chi connectivity index (χ1n) is 6.39. The molecule has 2 N–H and O–H groups in total. The second-order valence-electron chi connectivity index (χ2n) is 5.22. The van der Waals surface area contributed by atoms with Crippen LogP contribution in [-0.4, -0.2) is 32.7 Å². The highest BCUT2D eigenvalue weighted by molar-refractivity contribution is 5.99. The van der Waals surface area contributed by atoms with Gasteiger partial charge in [0, 0.05) is 11.1 Å². The summed E-state index contributed by atoms with van der Waals surface area (Å²) in [5, 5.41) is 6.07. The Labute approximate surface area is 107 Å². The molecule has 0 spiro atoms. The molecule has 3 rings (SSSR count). The van der Waals surface area contributed by atoms with Crippen LogP contribution in [-0.2, 0) is 21.4 Å². The van der Waals surface area contributed by atoms with Crippen molar-refractivity contribution in [1.29, 1.82) is 0 Å². The van der Waals surface area contributed by atoms with Crippen molar-refractivity contribution in [3.8, 4) is 0 Å². The van der Waals surface area contributed by atoms with E-state index in [1.807, 2.05) is 13.1 Å². The van der Waals surface area contributed by atoms with Crippen molar-refractivity contribution < 1.29 is 9.53 Å².